The molecular weight excluding hydrogens is 332 g/mol. The molecule has 2 heterocycles. The lowest BCUT2D eigenvalue weighted by atomic mass is 10.0. The highest BCUT2D eigenvalue weighted by atomic mass is 16.2. The monoisotopic (exact) mass is 352 g/mol. The van der Waals surface area contributed by atoms with Crippen LogP contribution in [-0.4, -0.2) is 46.7 Å². The van der Waals surface area contributed by atoms with E-state index in [0.717, 1.165) is 0 Å². The van der Waals surface area contributed by atoms with Gasteiger partial charge in [-0.05, 0) is 30.7 Å². The van der Waals surface area contributed by atoms with Crippen molar-refractivity contribution in [1.29, 1.82) is 0 Å². The lowest BCUT2D eigenvalue weighted by Crippen LogP contribution is -2.56. The van der Waals surface area contributed by atoms with Crippen molar-refractivity contribution >= 4 is 17.7 Å². The molecule has 7 heteroatoms. The molecule has 1 atom stereocenters. The van der Waals surface area contributed by atoms with E-state index in [1.165, 1.54) is 0 Å². The first-order valence-electron chi connectivity index (χ1n) is 8.47. The zero-order chi connectivity index (χ0) is 18.7. The predicted octanol–water partition coefficient (Wildman–Crippen LogP) is 1.20. The molecule has 0 saturated carbocycles. The van der Waals surface area contributed by atoms with E-state index in [2.05, 4.69) is 10.3 Å². The summed E-state index contributed by atoms with van der Waals surface area (Å²) in [5.41, 5.74) is 7.21. The Kier molecular flexibility index (Phi) is 4.97. The van der Waals surface area contributed by atoms with E-state index in [1.54, 1.807) is 47.5 Å². The van der Waals surface area contributed by atoms with E-state index in [-0.39, 0.29) is 11.8 Å². The van der Waals surface area contributed by atoms with Gasteiger partial charge in [-0.1, -0.05) is 19.1 Å². The summed E-state index contributed by atoms with van der Waals surface area (Å²) in [6.45, 7) is 2.77. The summed E-state index contributed by atoms with van der Waals surface area (Å²) in [6.07, 6.45) is 2.11. The normalized spacial score (nSPS) is 16.9. The predicted molar refractivity (Wildman–Crippen MR) is 96.3 cm³/mol. The van der Waals surface area contributed by atoms with Gasteiger partial charge in [-0.3, -0.25) is 19.4 Å². The zero-order valence-electron chi connectivity index (χ0n) is 14.4. The first-order chi connectivity index (χ1) is 12.5. The quantitative estimate of drug-likeness (QED) is 0.862. The fourth-order valence-electron chi connectivity index (χ4n) is 3.16. The van der Waals surface area contributed by atoms with Gasteiger partial charge in [-0.15, -0.1) is 0 Å². The topological polar surface area (TPSA) is 105 Å². The number of aromatic nitrogens is 1. The third kappa shape index (κ3) is 3.28. The highest BCUT2D eigenvalue weighted by Gasteiger charge is 2.32. The maximum absolute atomic E-state index is 13.0. The van der Waals surface area contributed by atoms with Crippen LogP contribution < -0.4 is 11.1 Å². The SMILES string of the molecule is CC[C@@H]1C(=O)NCCN1C(=O)c1cccc(-c2ncccc2C(N)=O)c1. The van der Waals surface area contributed by atoms with Gasteiger partial charge in [0, 0.05) is 30.4 Å². The Balaban J connectivity index is 1.96. The summed E-state index contributed by atoms with van der Waals surface area (Å²) in [5.74, 6) is -0.933. The molecule has 7 nitrogen and oxygen atoms in total. The van der Waals surface area contributed by atoms with Gasteiger partial charge in [0.1, 0.15) is 6.04 Å². The minimum absolute atomic E-state index is 0.135. The summed E-state index contributed by atoms with van der Waals surface area (Å²) < 4.78 is 0. The summed E-state index contributed by atoms with van der Waals surface area (Å²) >= 11 is 0. The van der Waals surface area contributed by atoms with Crippen molar-refractivity contribution in [2.75, 3.05) is 13.1 Å². The van der Waals surface area contributed by atoms with Crippen LogP contribution >= 0.6 is 0 Å². The van der Waals surface area contributed by atoms with Crippen LogP contribution in [0.4, 0.5) is 0 Å². The summed E-state index contributed by atoms with van der Waals surface area (Å²) in [5, 5.41) is 2.78. The van der Waals surface area contributed by atoms with Gasteiger partial charge in [0.2, 0.25) is 5.91 Å². The Bertz CT molecular complexity index is 865. The number of carbonyl (C=O) groups excluding carboxylic acids is 3. The fraction of sp³-hybridized carbons (Fsp3) is 0.263. The lowest BCUT2D eigenvalue weighted by Gasteiger charge is -2.34. The molecular formula is C19H20N4O3. The Morgan fingerprint density at radius 2 is 2.12 bits per heavy atom. The summed E-state index contributed by atoms with van der Waals surface area (Å²) in [4.78, 5) is 42.4. The van der Waals surface area contributed by atoms with Crippen molar-refractivity contribution in [2.45, 2.75) is 19.4 Å². The van der Waals surface area contributed by atoms with Gasteiger partial charge >= 0.3 is 0 Å². The third-order valence-electron chi connectivity index (χ3n) is 4.43. The highest BCUT2D eigenvalue weighted by Crippen LogP contribution is 2.23. The minimum atomic E-state index is -0.580. The molecule has 3 amide bonds. The van der Waals surface area contributed by atoms with E-state index in [4.69, 9.17) is 5.73 Å². The van der Waals surface area contributed by atoms with Gasteiger partial charge in [0.05, 0.1) is 11.3 Å². The number of nitrogens with two attached hydrogens (primary N) is 1. The minimum Gasteiger partial charge on any atom is -0.366 e. The van der Waals surface area contributed by atoms with Crippen molar-refractivity contribution in [3.63, 3.8) is 0 Å². The average Bonchev–Trinajstić information content (AvgIpc) is 2.67. The number of benzene rings is 1. The maximum Gasteiger partial charge on any atom is 0.254 e. The van der Waals surface area contributed by atoms with Crippen LogP contribution in [0.5, 0.6) is 0 Å². The number of rotatable bonds is 4. The molecule has 0 bridgehead atoms. The van der Waals surface area contributed by atoms with Crippen molar-refractivity contribution in [3.8, 4) is 11.3 Å². The van der Waals surface area contributed by atoms with E-state index < -0.39 is 11.9 Å². The Morgan fingerprint density at radius 3 is 2.85 bits per heavy atom. The maximum atomic E-state index is 13.0. The average molecular weight is 352 g/mol. The molecule has 3 N–H and O–H groups in total. The first-order valence-corrected chi connectivity index (χ1v) is 8.47. The number of nitrogens with one attached hydrogen (secondary N) is 1. The standard InChI is InChI=1S/C19H20N4O3/c1-2-15-18(25)22-9-10-23(15)19(26)13-6-3-5-12(11-13)16-14(17(20)24)7-4-8-21-16/h3-8,11,15H,2,9-10H2,1H3,(H2,20,24)(H,22,25)/t15-/m1/s1. The Morgan fingerprint density at radius 1 is 1.31 bits per heavy atom. The molecule has 3 rings (SSSR count). The number of hydrogen-bond acceptors (Lipinski definition) is 4. The second kappa shape index (κ2) is 7.35. The van der Waals surface area contributed by atoms with Gasteiger partial charge in [-0.25, -0.2) is 0 Å². The van der Waals surface area contributed by atoms with Crippen LogP contribution in [0, 0.1) is 0 Å². The van der Waals surface area contributed by atoms with Crippen LogP contribution in [0.2, 0.25) is 0 Å². The fourth-order valence-corrected chi connectivity index (χ4v) is 3.16. The molecule has 134 valence electrons. The van der Waals surface area contributed by atoms with Crippen molar-refractivity contribution in [1.82, 2.24) is 15.2 Å². The van der Waals surface area contributed by atoms with E-state index in [9.17, 15) is 14.4 Å². The summed E-state index contributed by atoms with van der Waals surface area (Å²) in [7, 11) is 0. The first kappa shape index (κ1) is 17.6. The summed E-state index contributed by atoms with van der Waals surface area (Å²) in [6, 6.07) is 9.63. The number of piperazine rings is 1. The zero-order valence-corrected chi connectivity index (χ0v) is 14.4. The molecule has 1 aliphatic heterocycles. The number of nitrogens with zero attached hydrogens (tertiary/aromatic N) is 2. The number of pyridine rings is 1. The van der Waals surface area contributed by atoms with Gasteiger partial charge in [0.15, 0.2) is 0 Å². The second-order valence-corrected chi connectivity index (χ2v) is 6.06. The molecule has 0 aliphatic carbocycles. The van der Waals surface area contributed by atoms with Crippen LogP contribution in [0.3, 0.4) is 0 Å². The van der Waals surface area contributed by atoms with Crippen LogP contribution in [0.1, 0.15) is 34.1 Å². The largest absolute Gasteiger partial charge is 0.366 e. The highest BCUT2D eigenvalue weighted by molar-refractivity contribution is 6.01. The third-order valence-corrected chi connectivity index (χ3v) is 4.43. The number of primary amides is 1. The number of amides is 3. The molecule has 1 aromatic heterocycles. The van der Waals surface area contributed by atoms with E-state index >= 15 is 0 Å². The van der Waals surface area contributed by atoms with E-state index in [1.807, 2.05) is 6.92 Å². The molecule has 1 fully saturated rings. The van der Waals surface area contributed by atoms with Crippen molar-refractivity contribution in [3.05, 3.63) is 53.7 Å². The molecule has 1 aliphatic rings. The van der Waals surface area contributed by atoms with E-state index in [0.29, 0.717) is 41.9 Å². The molecule has 26 heavy (non-hydrogen) atoms. The van der Waals surface area contributed by atoms with Gasteiger partial charge in [0.25, 0.3) is 11.8 Å². The molecule has 2 aromatic rings. The molecule has 0 unspecified atom stereocenters. The smallest absolute Gasteiger partial charge is 0.254 e. The Labute approximate surface area is 151 Å². The van der Waals surface area contributed by atoms with Gasteiger partial charge in [-0.2, -0.15) is 0 Å². The van der Waals surface area contributed by atoms with Crippen molar-refractivity contribution in [2.24, 2.45) is 5.73 Å². The van der Waals surface area contributed by atoms with Crippen LogP contribution in [0.15, 0.2) is 42.6 Å². The van der Waals surface area contributed by atoms with Gasteiger partial charge < -0.3 is 16.0 Å². The molecule has 0 radical (unpaired) electrons. The molecule has 0 spiro atoms. The second-order valence-electron chi connectivity index (χ2n) is 6.06. The number of hydrogen-bond donors (Lipinski definition) is 2. The molecule has 1 aromatic carbocycles. The Hall–Kier alpha value is -3.22. The lowest BCUT2D eigenvalue weighted by molar-refractivity contribution is -0.127. The number of carbonyl (C=O) groups is 3. The van der Waals surface area contributed by atoms with Crippen molar-refractivity contribution < 1.29 is 14.4 Å². The van der Waals surface area contributed by atoms with Crippen LogP contribution in [-0.2, 0) is 4.79 Å². The molecule has 1 saturated heterocycles. The van der Waals surface area contributed by atoms with Crippen LogP contribution in [0.25, 0.3) is 11.3 Å².